The second-order valence-electron chi connectivity index (χ2n) is 6.79. The number of ether oxygens (including phenoxy) is 1. The highest BCUT2D eigenvalue weighted by molar-refractivity contribution is 6.30. The van der Waals surface area contributed by atoms with Crippen LogP contribution in [0, 0.1) is 0 Å². The molecule has 2 amide bonds. The number of hydrogen-bond acceptors (Lipinski definition) is 3. The number of halogens is 1. The van der Waals surface area contributed by atoms with Crippen LogP contribution in [0.25, 0.3) is 0 Å². The third-order valence-corrected chi connectivity index (χ3v) is 5.15. The third kappa shape index (κ3) is 5.04. The molecule has 2 aromatic carbocycles. The molecular formula is C22H25ClN2O3. The van der Waals surface area contributed by atoms with E-state index in [-0.39, 0.29) is 18.4 Å². The van der Waals surface area contributed by atoms with Crippen LogP contribution in [0.3, 0.4) is 0 Å². The second-order valence-corrected chi connectivity index (χ2v) is 7.22. The molecule has 1 aliphatic rings. The molecule has 0 saturated carbocycles. The molecule has 5 nitrogen and oxygen atoms in total. The minimum absolute atomic E-state index is 0.0131. The molecule has 28 heavy (non-hydrogen) atoms. The molecule has 1 heterocycles. The first-order valence-corrected chi connectivity index (χ1v) is 9.99. The summed E-state index contributed by atoms with van der Waals surface area (Å²) in [6, 6.07) is 14.7. The van der Waals surface area contributed by atoms with Gasteiger partial charge in [0.05, 0.1) is 0 Å². The summed E-state index contributed by atoms with van der Waals surface area (Å²) < 4.78 is 5.75. The summed E-state index contributed by atoms with van der Waals surface area (Å²) in [5.41, 5.74) is 1.66. The number of carbonyl (C=O) groups is 2. The van der Waals surface area contributed by atoms with Crippen molar-refractivity contribution in [2.24, 2.45) is 0 Å². The largest absolute Gasteiger partial charge is 0.483 e. The van der Waals surface area contributed by atoms with Crippen molar-refractivity contribution in [1.29, 1.82) is 0 Å². The van der Waals surface area contributed by atoms with E-state index in [1.807, 2.05) is 24.3 Å². The van der Waals surface area contributed by atoms with Crippen LogP contribution in [0.4, 0.5) is 0 Å². The van der Waals surface area contributed by atoms with Crippen LogP contribution < -0.4 is 4.74 Å². The Morgan fingerprint density at radius 1 is 1.00 bits per heavy atom. The van der Waals surface area contributed by atoms with E-state index < -0.39 is 0 Å². The monoisotopic (exact) mass is 400 g/mol. The highest BCUT2D eigenvalue weighted by Crippen LogP contribution is 2.19. The van der Waals surface area contributed by atoms with Gasteiger partial charge in [0, 0.05) is 36.8 Å². The lowest BCUT2D eigenvalue weighted by Crippen LogP contribution is -2.39. The Kier molecular flexibility index (Phi) is 6.93. The summed E-state index contributed by atoms with van der Waals surface area (Å²) in [6.07, 6.45) is 1.60. The Morgan fingerprint density at radius 2 is 1.75 bits per heavy atom. The normalized spacial score (nSPS) is 14.5. The van der Waals surface area contributed by atoms with Crippen molar-refractivity contribution in [3.05, 3.63) is 64.7 Å². The van der Waals surface area contributed by atoms with Crippen molar-refractivity contribution in [3.8, 4) is 5.75 Å². The number of carbonyl (C=O) groups excluding carboxylic acids is 2. The van der Waals surface area contributed by atoms with Crippen LogP contribution in [-0.2, 0) is 11.2 Å². The van der Waals surface area contributed by atoms with E-state index in [1.165, 1.54) is 0 Å². The number of amides is 2. The molecule has 0 atom stereocenters. The summed E-state index contributed by atoms with van der Waals surface area (Å²) >= 11 is 5.99. The fourth-order valence-corrected chi connectivity index (χ4v) is 3.53. The maximum Gasteiger partial charge on any atom is 0.260 e. The number of nitrogens with zero attached hydrogens (tertiary/aromatic N) is 2. The summed E-state index contributed by atoms with van der Waals surface area (Å²) in [4.78, 5) is 28.9. The molecule has 2 aromatic rings. The van der Waals surface area contributed by atoms with Crippen LogP contribution >= 0.6 is 11.6 Å². The van der Waals surface area contributed by atoms with Gasteiger partial charge in [-0.25, -0.2) is 0 Å². The van der Waals surface area contributed by atoms with Crippen molar-refractivity contribution < 1.29 is 14.3 Å². The first-order chi connectivity index (χ1) is 13.6. The molecule has 1 aliphatic heterocycles. The van der Waals surface area contributed by atoms with Crippen molar-refractivity contribution >= 4 is 23.4 Å². The zero-order valence-electron chi connectivity index (χ0n) is 16.1. The van der Waals surface area contributed by atoms with Gasteiger partial charge in [-0.15, -0.1) is 0 Å². The quantitative estimate of drug-likeness (QED) is 0.769. The van der Waals surface area contributed by atoms with Gasteiger partial charge in [-0.1, -0.05) is 42.8 Å². The Balaban J connectivity index is 1.55. The van der Waals surface area contributed by atoms with Gasteiger partial charge >= 0.3 is 0 Å². The van der Waals surface area contributed by atoms with Crippen molar-refractivity contribution in [2.75, 3.05) is 32.8 Å². The molecule has 1 fully saturated rings. The summed E-state index contributed by atoms with van der Waals surface area (Å²) in [5.74, 6) is 0.652. The number of benzene rings is 2. The van der Waals surface area contributed by atoms with Crippen LogP contribution in [0.1, 0.15) is 29.3 Å². The molecular weight excluding hydrogens is 376 g/mol. The fraction of sp³-hybridized carbons (Fsp3) is 0.364. The predicted octanol–water partition coefficient (Wildman–Crippen LogP) is 3.66. The van der Waals surface area contributed by atoms with Gasteiger partial charge in [0.15, 0.2) is 6.61 Å². The first kappa shape index (κ1) is 20.2. The zero-order chi connectivity index (χ0) is 19.9. The van der Waals surface area contributed by atoms with Crippen LogP contribution in [-0.4, -0.2) is 54.4 Å². The Morgan fingerprint density at radius 3 is 2.54 bits per heavy atom. The number of rotatable bonds is 5. The Bertz CT molecular complexity index is 840. The van der Waals surface area contributed by atoms with E-state index in [2.05, 4.69) is 6.92 Å². The van der Waals surface area contributed by atoms with Gasteiger partial charge in [-0.2, -0.15) is 0 Å². The number of aryl methyl sites for hydroxylation is 1. The molecule has 6 heteroatoms. The third-order valence-electron chi connectivity index (χ3n) is 4.91. The summed E-state index contributed by atoms with van der Waals surface area (Å²) in [6.45, 7) is 4.32. The molecule has 3 rings (SSSR count). The molecule has 0 aromatic heterocycles. The summed E-state index contributed by atoms with van der Waals surface area (Å²) in [5, 5.41) is 0.544. The van der Waals surface area contributed by atoms with E-state index in [1.54, 1.807) is 34.1 Å². The minimum atomic E-state index is -0.0528. The average molecular weight is 401 g/mol. The maximum absolute atomic E-state index is 12.7. The van der Waals surface area contributed by atoms with E-state index in [0.717, 1.165) is 24.2 Å². The molecule has 0 bridgehead atoms. The first-order valence-electron chi connectivity index (χ1n) is 9.62. The standard InChI is InChI=1S/C22H25ClN2O3/c1-2-17-7-3-4-10-20(17)28-16-21(26)24-11-6-12-25(14-13-24)22(27)18-8-5-9-19(23)15-18/h3-5,7-10,15H,2,6,11-14,16H2,1H3. The van der Waals surface area contributed by atoms with Crippen LogP contribution in [0.15, 0.2) is 48.5 Å². The van der Waals surface area contributed by atoms with Crippen LogP contribution in [0.2, 0.25) is 5.02 Å². The van der Waals surface area contributed by atoms with Gasteiger partial charge < -0.3 is 14.5 Å². The molecule has 0 unspecified atom stereocenters. The average Bonchev–Trinajstić information content (AvgIpc) is 2.98. The van der Waals surface area contributed by atoms with Gasteiger partial charge in [-0.3, -0.25) is 9.59 Å². The maximum atomic E-state index is 12.7. The van der Waals surface area contributed by atoms with Gasteiger partial charge in [0.2, 0.25) is 0 Å². The van der Waals surface area contributed by atoms with E-state index in [9.17, 15) is 9.59 Å². The zero-order valence-corrected chi connectivity index (χ0v) is 16.8. The molecule has 0 aliphatic carbocycles. The molecule has 0 radical (unpaired) electrons. The van der Waals surface area contributed by atoms with Gasteiger partial charge in [0.1, 0.15) is 5.75 Å². The van der Waals surface area contributed by atoms with Gasteiger partial charge in [-0.05, 0) is 42.7 Å². The Labute approximate surface area is 170 Å². The lowest BCUT2D eigenvalue weighted by Gasteiger charge is -2.22. The van der Waals surface area contributed by atoms with Crippen LogP contribution in [0.5, 0.6) is 5.75 Å². The highest BCUT2D eigenvalue weighted by Gasteiger charge is 2.23. The van der Waals surface area contributed by atoms with E-state index in [0.29, 0.717) is 36.8 Å². The number of hydrogen-bond donors (Lipinski definition) is 0. The smallest absolute Gasteiger partial charge is 0.260 e. The molecule has 1 saturated heterocycles. The number of para-hydroxylation sites is 1. The Hall–Kier alpha value is -2.53. The van der Waals surface area contributed by atoms with Crippen molar-refractivity contribution in [3.63, 3.8) is 0 Å². The second kappa shape index (κ2) is 9.60. The predicted molar refractivity (Wildman–Crippen MR) is 110 cm³/mol. The summed E-state index contributed by atoms with van der Waals surface area (Å²) in [7, 11) is 0. The fourth-order valence-electron chi connectivity index (χ4n) is 3.34. The SMILES string of the molecule is CCc1ccccc1OCC(=O)N1CCCN(C(=O)c2cccc(Cl)c2)CC1. The van der Waals surface area contributed by atoms with E-state index >= 15 is 0 Å². The van der Waals surface area contributed by atoms with Crippen molar-refractivity contribution in [2.45, 2.75) is 19.8 Å². The molecule has 0 spiro atoms. The lowest BCUT2D eigenvalue weighted by atomic mass is 10.1. The topological polar surface area (TPSA) is 49.9 Å². The minimum Gasteiger partial charge on any atom is -0.483 e. The highest BCUT2D eigenvalue weighted by atomic mass is 35.5. The van der Waals surface area contributed by atoms with Gasteiger partial charge in [0.25, 0.3) is 11.8 Å². The molecule has 148 valence electrons. The molecule has 0 N–H and O–H groups in total. The lowest BCUT2D eigenvalue weighted by molar-refractivity contribution is -0.133. The van der Waals surface area contributed by atoms with Crippen molar-refractivity contribution in [1.82, 2.24) is 9.80 Å². The van der Waals surface area contributed by atoms with E-state index in [4.69, 9.17) is 16.3 Å².